The second-order valence-electron chi connectivity index (χ2n) is 4.75. The average Bonchev–Trinajstić information content (AvgIpc) is 2.87. The van der Waals surface area contributed by atoms with Gasteiger partial charge in [-0.1, -0.05) is 18.4 Å². The molecule has 1 amide bonds. The van der Waals surface area contributed by atoms with Crippen LogP contribution < -0.4 is 11.1 Å². The zero-order chi connectivity index (χ0) is 13.0. The van der Waals surface area contributed by atoms with E-state index in [1.165, 1.54) is 0 Å². The van der Waals surface area contributed by atoms with Crippen LogP contribution >= 0.6 is 0 Å². The first-order chi connectivity index (χ1) is 8.74. The summed E-state index contributed by atoms with van der Waals surface area (Å²) >= 11 is 0. The molecule has 18 heavy (non-hydrogen) atoms. The Morgan fingerprint density at radius 2 is 2.33 bits per heavy atom. The highest BCUT2D eigenvalue weighted by Crippen LogP contribution is 2.31. The van der Waals surface area contributed by atoms with Crippen LogP contribution in [0.4, 0.5) is 5.69 Å². The summed E-state index contributed by atoms with van der Waals surface area (Å²) in [4.78, 5) is 12.2. The summed E-state index contributed by atoms with van der Waals surface area (Å²) in [5.74, 6) is 2.99. The van der Waals surface area contributed by atoms with Gasteiger partial charge in [0.15, 0.2) is 0 Å². The van der Waals surface area contributed by atoms with E-state index in [2.05, 4.69) is 11.2 Å². The zero-order valence-corrected chi connectivity index (χ0v) is 10.4. The van der Waals surface area contributed by atoms with Crippen molar-refractivity contribution in [3.8, 4) is 12.3 Å². The molecule has 3 N–H and O–H groups in total. The van der Waals surface area contributed by atoms with Crippen LogP contribution in [0.1, 0.15) is 24.8 Å². The van der Waals surface area contributed by atoms with E-state index in [4.69, 9.17) is 12.2 Å². The monoisotopic (exact) mass is 242 g/mol. The number of anilines is 1. The summed E-state index contributed by atoms with van der Waals surface area (Å²) in [5.41, 5.74) is 7.23. The summed E-state index contributed by atoms with van der Waals surface area (Å²) in [7, 11) is 0. The fraction of sp³-hybridized carbons (Fsp3) is 0.400. The van der Waals surface area contributed by atoms with Gasteiger partial charge in [0.1, 0.15) is 0 Å². The molecule has 2 atom stereocenters. The third-order valence-electron chi connectivity index (χ3n) is 3.60. The van der Waals surface area contributed by atoms with Gasteiger partial charge in [0.2, 0.25) is 5.91 Å². The fourth-order valence-corrected chi connectivity index (χ4v) is 2.59. The molecular formula is C15H18N2O. The van der Waals surface area contributed by atoms with Crippen LogP contribution in [-0.2, 0) is 4.79 Å². The summed E-state index contributed by atoms with van der Waals surface area (Å²) in [5, 5.41) is 2.93. The molecule has 94 valence electrons. The highest BCUT2D eigenvalue weighted by atomic mass is 16.1. The molecule has 3 heteroatoms. The molecule has 1 aliphatic rings. The van der Waals surface area contributed by atoms with Crippen molar-refractivity contribution < 1.29 is 4.79 Å². The maximum Gasteiger partial charge on any atom is 0.227 e. The number of hydrogen-bond donors (Lipinski definition) is 2. The van der Waals surface area contributed by atoms with Gasteiger partial charge >= 0.3 is 0 Å². The lowest BCUT2D eigenvalue weighted by Crippen LogP contribution is -2.29. The number of amides is 1. The lowest BCUT2D eigenvalue weighted by atomic mass is 9.95. The molecular weight excluding hydrogens is 224 g/mol. The predicted octanol–water partition coefficient (Wildman–Crippen LogP) is 1.98. The van der Waals surface area contributed by atoms with Crippen molar-refractivity contribution in [2.75, 3.05) is 11.9 Å². The molecule has 1 saturated carbocycles. The summed E-state index contributed by atoms with van der Waals surface area (Å²) in [6.07, 6.45) is 8.41. The topological polar surface area (TPSA) is 55.1 Å². The van der Waals surface area contributed by atoms with Gasteiger partial charge < -0.3 is 11.1 Å². The van der Waals surface area contributed by atoms with Crippen molar-refractivity contribution in [3.63, 3.8) is 0 Å². The van der Waals surface area contributed by atoms with Crippen LogP contribution in [-0.4, -0.2) is 12.5 Å². The van der Waals surface area contributed by atoms with E-state index in [9.17, 15) is 4.79 Å². The highest BCUT2D eigenvalue weighted by molar-refractivity contribution is 5.93. The van der Waals surface area contributed by atoms with Crippen LogP contribution in [0.3, 0.4) is 0 Å². The Morgan fingerprint density at radius 3 is 3.06 bits per heavy atom. The number of rotatable bonds is 3. The lowest BCUT2D eigenvalue weighted by Gasteiger charge is -2.17. The van der Waals surface area contributed by atoms with E-state index < -0.39 is 0 Å². The molecule has 1 aliphatic carbocycles. The van der Waals surface area contributed by atoms with Gasteiger partial charge in [-0.3, -0.25) is 4.79 Å². The van der Waals surface area contributed by atoms with Crippen molar-refractivity contribution in [3.05, 3.63) is 29.8 Å². The van der Waals surface area contributed by atoms with Gasteiger partial charge in [-0.15, -0.1) is 6.42 Å². The molecule has 1 fully saturated rings. The molecule has 0 heterocycles. The third-order valence-corrected chi connectivity index (χ3v) is 3.60. The normalized spacial score (nSPS) is 22.4. The average molecular weight is 242 g/mol. The van der Waals surface area contributed by atoms with Gasteiger partial charge in [-0.2, -0.15) is 0 Å². The van der Waals surface area contributed by atoms with Crippen LogP contribution in [0.5, 0.6) is 0 Å². The number of nitrogens with two attached hydrogens (primary N) is 1. The predicted molar refractivity (Wildman–Crippen MR) is 72.9 cm³/mol. The molecule has 0 spiro atoms. The molecule has 0 radical (unpaired) electrons. The molecule has 2 unspecified atom stereocenters. The molecule has 0 saturated heterocycles. The zero-order valence-electron chi connectivity index (χ0n) is 10.4. The Hall–Kier alpha value is -1.79. The largest absolute Gasteiger partial charge is 0.330 e. The molecule has 1 aromatic carbocycles. The lowest BCUT2D eigenvalue weighted by molar-refractivity contribution is -0.120. The maximum absolute atomic E-state index is 12.2. The van der Waals surface area contributed by atoms with Gasteiger partial charge in [-0.25, -0.2) is 0 Å². The van der Waals surface area contributed by atoms with E-state index in [0.717, 1.165) is 30.5 Å². The Morgan fingerprint density at radius 1 is 1.50 bits per heavy atom. The maximum atomic E-state index is 12.2. The number of terminal acetylenes is 1. The van der Waals surface area contributed by atoms with E-state index >= 15 is 0 Å². The first-order valence-electron chi connectivity index (χ1n) is 6.32. The minimum Gasteiger partial charge on any atom is -0.330 e. The molecule has 2 rings (SSSR count). The number of nitrogens with one attached hydrogen (secondary N) is 1. The van der Waals surface area contributed by atoms with E-state index in [-0.39, 0.29) is 11.8 Å². The quantitative estimate of drug-likeness (QED) is 0.796. The van der Waals surface area contributed by atoms with E-state index in [1.54, 1.807) is 0 Å². The fourth-order valence-electron chi connectivity index (χ4n) is 2.59. The van der Waals surface area contributed by atoms with E-state index in [1.807, 2.05) is 24.3 Å². The first kappa shape index (κ1) is 12.7. The van der Waals surface area contributed by atoms with Crippen molar-refractivity contribution in [2.45, 2.75) is 19.3 Å². The van der Waals surface area contributed by atoms with Gasteiger partial charge in [0, 0.05) is 17.2 Å². The molecule has 0 bridgehead atoms. The SMILES string of the molecule is C#Cc1cccc(NC(=O)C2CCCC2CN)c1. The van der Waals surface area contributed by atoms with Gasteiger partial charge in [0.25, 0.3) is 0 Å². The first-order valence-corrected chi connectivity index (χ1v) is 6.32. The Labute approximate surface area is 108 Å². The number of benzene rings is 1. The molecule has 3 nitrogen and oxygen atoms in total. The van der Waals surface area contributed by atoms with E-state index in [0.29, 0.717) is 12.5 Å². The van der Waals surface area contributed by atoms with Gasteiger partial charge in [-0.05, 0) is 43.5 Å². The van der Waals surface area contributed by atoms with Crippen molar-refractivity contribution in [2.24, 2.45) is 17.6 Å². The third kappa shape index (κ3) is 2.72. The Kier molecular flexibility index (Phi) is 4.01. The van der Waals surface area contributed by atoms with Gasteiger partial charge in [0.05, 0.1) is 0 Å². The van der Waals surface area contributed by atoms with Crippen LogP contribution in [0.25, 0.3) is 0 Å². The molecule has 0 aliphatic heterocycles. The standard InChI is InChI=1S/C15H18N2O/c1-2-11-5-3-7-13(9-11)17-15(18)14-8-4-6-12(14)10-16/h1,3,5,7,9,12,14H,4,6,8,10,16H2,(H,17,18). The summed E-state index contributed by atoms with van der Waals surface area (Å²) in [6, 6.07) is 7.35. The molecule has 0 aromatic heterocycles. The summed E-state index contributed by atoms with van der Waals surface area (Å²) in [6.45, 7) is 0.586. The van der Waals surface area contributed by atoms with Crippen molar-refractivity contribution >= 4 is 11.6 Å². The van der Waals surface area contributed by atoms with Crippen LogP contribution in [0, 0.1) is 24.2 Å². The minimum absolute atomic E-state index is 0.0458. The Balaban J connectivity index is 2.04. The minimum atomic E-state index is 0.0458. The summed E-state index contributed by atoms with van der Waals surface area (Å²) < 4.78 is 0. The van der Waals surface area contributed by atoms with Crippen LogP contribution in [0.15, 0.2) is 24.3 Å². The Bertz CT molecular complexity index is 476. The van der Waals surface area contributed by atoms with Crippen molar-refractivity contribution in [1.29, 1.82) is 0 Å². The molecule has 1 aromatic rings. The van der Waals surface area contributed by atoms with Crippen molar-refractivity contribution in [1.82, 2.24) is 0 Å². The number of carbonyl (C=O) groups excluding carboxylic acids is 1. The van der Waals surface area contributed by atoms with Crippen LogP contribution in [0.2, 0.25) is 0 Å². The second-order valence-corrected chi connectivity index (χ2v) is 4.75. The highest BCUT2D eigenvalue weighted by Gasteiger charge is 2.31. The second kappa shape index (κ2) is 5.70. The smallest absolute Gasteiger partial charge is 0.227 e. The number of hydrogen-bond acceptors (Lipinski definition) is 2. The number of carbonyl (C=O) groups is 1.